The van der Waals surface area contributed by atoms with Crippen molar-refractivity contribution in [2.75, 3.05) is 0 Å². The van der Waals surface area contributed by atoms with Crippen LogP contribution in [0.5, 0.6) is 0 Å². The van der Waals surface area contributed by atoms with Gasteiger partial charge in [0, 0.05) is 5.56 Å². The van der Waals surface area contributed by atoms with Gasteiger partial charge in [0.25, 0.3) is 0 Å². The van der Waals surface area contributed by atoms with Crippen LogP contribution >= 0.6 is 11.3 Å². The van der Waals surface area contributed by atoms with Crippen LogP contribution in [0.1, 0.15) is 22.5 Å². The number of benzene rings is 2. The largest absolute Gasteiger partial charge is 0.380 e. The van der Waals surface area contributed by atoms with Crippen LogP contribution in [0.3, 0.4) is 0 Å². The van der Waals surface area contributed by atoms with E-state index in [4.69, 9.17) is 0 Å². The summed E-state index contributed by atoms with van der Waals surface area (Å²) in [5.41, 5.74) is 1.82. The standard InChI is InChI=1S/C18H15N5OS/c24-16(13-7-3-1-4-8-13)17-21-19-12-23(17)11-15-20-22-18(25-15)14-9-5-2-6-10-14/h1-10,12,16,24H,11H2/t16-/m0/s1. The normalized spacial score (nSPS) is 12.2. The molecule has 0 aliphatic heterocycles. The average molecular weight is 349 g/mol. The highest BCUT2D eigenvalue weighted by Gasteiger charge is 2.18. The lowest BCUT2D eigenvalue weighted by Crippen LogP contribution is -2.10. The molecule has 0 aliphatic rings. The third-order valence-electron chi connectivity index (χ3n) is 3.80. The van der Waals surface area contributed by atoms with Crippen LogP contribution in [-0.2, 0) is 6.54 Å². The van der Waals surface area contributed by atoms with Crippen molar-refractivity contribution in [3.05, 3.63) is 83.4 Å². The predicted molar refractivity (Wildman–Crippen MR) is 95.0 cm³/mol. The number of aliphatic hydroxyl groups excluding tert-OH is 1. The van der Waals surface area contributed by atoms with Crippen molar-refractivity contribution in [1.82, 2.24) is 25.0 Å². The van der Waals surface area contributed by atoms with Crippen LogP contribution in [0.15, 0.2) is 67.0 Å². The highest BCUT2D eigenvalue weighted by molar-refractivity contribution is 7.14. The zero-order chi connectivity index (χ0) is 17.1. The maximum atomic E-state index is 10.6. The summed E-state index contributed by atoms with van der Waals surface area (Å²) in [6.45, 7) is 0.469. The molecule has 0 radical (unpaired) electrons. The number of aromatic nitrogens is 5. The Hall–Kier alpha value is -2.90. The molecule has 1 atom stereocenters. The van der Waals surface area contributed by atoms with Crippen LogP contribution in [0, 0.1) is 0 Å². The van der Waals surface area contributed by atoms with Crippen molar-refractivity contribution in [1.29, 1.82) is 0 Å². The monoisotopic (exact) mass is 349 g/mol. The minimum absolute atomic E-state index is 0.469. The van der Waals surface area contributed by atoms with Crippen LogP contribution in [-0.4, -0.2) is 30.1 Å². The summed E-state index contributed by atoms with van der Waals surface area (Å²) in [6.07, 6.45) is 0.774. The summed E-state index contributed by atoms with van der Waals surface area (Å²) in [4.78, 5) is 0. The Morgan fingerprint density at radius 1 is 0.920 bits per heavy atom. The van der Waals surface area contributed by atoms with Gasteiger partial charge in [0.05, 0.1) is 6.54 Å². The third-order valence-corrected chi connectivity index (χ3v) is 4.76. The van der Waals surface area contributed by atoms with Gasteiger partial charge in [-0.15, -0.1) is 20.4 Å². The molecule has 1 N–H and O–H groups in total. The summed E-state index contributed by atoms with van der Waals surface area (Å²) < 4.78 is 1.80. The fourth-order valence-corrected chi connectivity index (χ4v) is 3.39. The van der Waals surface area contributed by atoms with Crippen LogP contribution in [0.4, 0.5) is 0 Å². The highest BCUT2D eigenvalue weighted by atomic mass is 32.1. The second-order valence-corrected chi connectivity index (χ2v) is 6.56. The van der Waals surface area contributed by atoms with E-state index in [9.17, 15) is 5.11 Å². The quantitative estimate of drug-likeness (QED) is 0.599. The molecule has 0 aliphatic carbocycles. The lowest BCUT2D eigenvalue weighted by atomic mass is 10.1. The lowest BCUT2D eigenvalue weighted by Gasteiger charge is -2.11. The summed E-state index contributed by atoms with van der Waals surface area (Å²) in [5.74, 6) is 0.489. The van der Waals surface area contributed by atoms with Crippen LogP contribution in [0.25, 0.3) is 10.6 Å². The number of nitrogens with zero attached hydrogens (tertiary/aromatic N) is 5. The van der Waals surface area contributed by atoms with Crippen molar-refractivity contribution in [3.63, 3.8) is 0 Å². The minimum Gasteiger partial charge on any atom is -0.380 e. The Kier molecular flexibility index (Phi) is 4.32. The maximum Gasteiger partial charge on any atom is 0.166 e. The van der Waals surface area contributed by atoms with Gasteiger partial charge in [-0.25, -0.2) is 0 Å². The van der Waals surface area contributed by atoms with E-state index in [0.717, 1.165) is 21.1 Å². The molecular formula is C18H15N5OS. The van der Waals surface area contributed by atoms with Crippen molar-refractivity contribution >= 4 is 11.3 Å². The molecule has 0 fully saturated rings. The number of rotatable bonds is 5. The van der Waals surface area contributed by atoms with E-state index in [1.807, 2.05) is 60.7 Å². The molecule has 4 rings (SSSR count). The summed E-state index contributed by atoms with van der Waals surface area (Å²) in [7, 11) is 0. The van der Waals surface area contributed by atoms with E-state index in [0.29, 0.717) is 12.4 Å². The lowest BCUT2D eigenvalue weighted by molar-refractivity contribution is 0.204. The minimum atomic E-state index is -0.829. The highest BCUT2D eigenvalue weighted by Crippen LogP contribution is 2.25. The Bertz CT molecular complexity index is 952. The van der Waals surface area contributed by atoms with E-state index >= 15 is 0 Å². The zero-order valence-corrected chi connectivity index (χ0v) is 14.0. The fourth-order valence-electron chi connectivity index (χ4n) is 2.54. The van der Waals surface area contributed by atoms with E-state index < -0.39 is 6.10 Å². The average Bonchev–Trinajstić information content (AvgIpc) is 3.33. The van der Waals surface area contributed by atoms with Gasteiger partial charge in [0.2, 0.25) is 0 Å². The van der Waals surface area contributed by atoms with E-state index in [1.54, 1.807) is 10.9 Å². The first-order valence-electron chi connectivity index (χ1n) is 7.80. The van der Waals surface area contributed by atoms with Crippen molar-refractivity contribution < 1.29 is 5.11 Å². The van der Waals surface area contributed by atoms with Crippen molar-refractivity contribution in [3.8, 4) is 10.6 Å². The molecule has 25 heavy (non-hydrogen) atoms. The Morgan fingerprint density at radius 3 is 2.40 bits per heavy atom. The van der Waals surface area contributed by atoms with E-state index in [-0.39, 0.29) is 0 Å². The van der Waals surface area contributed by atoms with Crippen molar-refractivity contribution in [2.45, 2.75) is 12.6 Å². The number of hydrogen-bond acceptors (Lipinski definition) is 6. The Morgan fingerprint density at radius 2 is 1.64 bits per heavy atom. The first kappa shape index (κ1) is 15.6. The maximum absolute atomic E-state index is 10.6. The van der Waals surface area contributed by atoms with Gasteiger partial charge in [0.15, 0.2) is 5.82 Å². The SMILES string of the molecule is O[C@@H](c1ccccc1)c1nncn1Cc1nnc(-c2ccccc2)s1. The fraction of sp³-hybridized carbons (Fsp3) is 0.111. The molecule has 0 amide bonds. The third kappa shape index (κ3) is 3.33. The van der Waals surface area contributed by atoms with Gasteiger partial charge in [-0.1, -0.05) is 72.0 Å². The zero-order valence-electron chi connectivity index (χ0n) is 13.2. The van der Waals surface area contributed by atoms with Crippen LogP contribution in [0.2, 0.25) is 0 Å². The van der Waals surface area contributed by atoms with Gasteiger partial charge in [-0.3, -0.25) is 0 Å². The van der Waals surface area contributed by atoms with Gasteiger partial charge in [-0.05, 0) is 5.56 Å². The number of aliphatic hydroxyl groups is 1. The van der Waals surface area contributed by atoms with Gasteiger partial charge in [0.1, 0.15) is 22.4 Å². The molecule has 4 aromatic rings. The first-order valence-corrected chi connectivity index (χ1v) is 8.61. The molecule has 0 saturated carbocycles. The Labute approximate surface area is 148 Å². The Balaban J connectivity index is 1.57. The van der Waals surface area contributed by atoms with E-state index in [1.165, 1.54) is 11.3 Å². The topological polar surface area (TPSA) is 76.7 Å². The first-order chi connectivity index (χ1) is 12.3. The van der Waals surface area contributed by atoms with Gasteiger partial charge < -0.3 is 9.67 Å². The molecule has 0 spiro atoms. The molecule has 124 valence electrons. The van der Waals surface area contributed by atoms with Crippen LogP contribution < -0.4 is 0 Å². The number of hydrogen-bond donors (Lipinski definition) is 1. The molecule has 2 heterocycles. The molecule has 2 aromatic carbocycles. The molecule has 0 unspecified atom stereocenters. The summed E-state index contributed by atoms with van der Waals surface area (Å²) in [5, 5.41) is 28.8. The molecule has 6 nitrogen and oxygen atoms in total. The molecule has 0 saturated heterocycles. The smallest absolute Gasteiger partial charge is 0.166 e. The van der Waals surface area contributed by atoms with Gasteiger partial charge >= 0.3 is 0 Å². The molecule has 7 heteroatoms. The van der Waals surface area contributed by atoms with E-state index in [2.05, 4.69) is 20.4 Å². The molecule has 0 bridgehead atoms. The second kappa shape index (κ2) is 6.92. The summed E-state index contributed by atoms with van der Waals surface area (Å²) >= 11 is 1.52. The van der Waals surface area contributed by atoms with Crippen molar-refractivity contribution in [2.24, 2.45) is 0 Å². The predicted octanol–water partition coefficient (Wildman–Crippen LogP) is 2.93. The summed E-state index contributed by atoms with van der Waals surface area (Å²) in [6, 6.07) is 19.3. The second-order valence-electron chi connectivity index (χ2n) is 5.50. The van der Waals surface area contributed by atoms with Gasteiger partial charge in [-0.2, -0.15) is 0 Å². The molecule has 2 aromatic heterocycles. The molecular weight excluding hydrogens is 334 g/mol.